The number of amides is 2. The van der Waals surface area contributed by atoms with Gasteiger partial charge in [-0.1, -0.05) is 23.7 Å². The molecule has 0 aliphatic carbocycles. The minimum Gasteiger partial charge on any atom is -0.359 e. The van der Waals surface area contributed by atoms with Gasteiger partial charge in [-0.25, -0.2) is 0 Å². The van der Waals surface area contributed by atoms with Gasteiger partial charge in [0.2, 0.25) is 5.91 Å². The van der Waals surface area contributed by atoms with Crippen LogP contribution in [0.15, 0.2) is 48.8 Å². The minimum atomic E-state index is -0.177. The number of hydrogen-bond acceptors (Lipinski definition) is 5. The first kappa shape index (κ1) is 18.5. The Morgan fingerprint density at radius 3 is 2.93 bits per heavy atom. The second-order valence-corrected chi connectivity index (χ2v) is 7.97. The molecule has 0 bridgehead atoms. The van der Waals surface area contributed by atoms with Gasteiger partial charge < -0.3 is 15.5 Å². The van der Waals surface area contributed by atoms with Crippen LogP contribution in [0.4, 0.5) is 11.4 Å². The Morgan fingerprint density at radius 2 is 2.14 bits per heavy atom. The zero-order chi connectivity index (χ0) is 19.5. The standard InChI is InChI=1S/C19H18ClN5O2S/c20-13-9-22-25(10-13)11-14-5-6-17(28-14)19(27)23-15-3-1-2-4-16(15)24-8-7-21-18(26)12-24/h1-6,9-10H,7-8,11-12H2,(H,21,26)(H,23,27). The first-order chi connectivity index (χ1) is 13.6. The molecule has 0 saturated carbocycles. The molecule has 0 atom stereocenters. The molecule has 7 nitrogen and oxygen atoms in total. The number of rotatable bonds is 5. The molecule has 0 spiro atoms. The summed E-state index contributed by atoms with van der Waals surface area (Å²) in [6, 6.07) is 11.2. The third kappa shape index (κ3) is 4.18. The Morgan fingerprint density at radius 1 is 1.29 bits per heavy atom. The molecule has 2 amide bonds. The van der Waals surface area contributed by atoms with Gasteiger partial charge >= 0.3 is 0 Å². The molecule has 1 fully saturated rings. The number of nitrogens with one attached hydrogen (secondary N) is 2. The molecule has 2 aromatic heterocycles. The quantitative estimate of drug-likeness (QED) is 0.671. The maximum atomic E-state index is 12.7. The van der Waals surface area contributed by atoms with Crippen LogP contribution < -0.4 is 15.5 Å². The van der Waals surface area contributed by atoms with Crippen molar-refractivity contribution in [1.82, 2.24) is 15.1 Å². The zero-order valence-electron chi connectivity index (χ0n) is 14.9. The fourth-order valence-corrected chi connectivity index (χ4v) is 4.10. The molecule has 9 heteroatoms. The highest BCUT2D eigenvalue weighted by atomic mass is 35.5. The van der Waals surface area contributed by atoms with Crippen LogP contribution in [0.1, 0.15) is 14.5 Å². The minimum absolute atomic E-state index is 0.0194. The number of aromatic nitrogens is 2. The molecule has 0 unspecified atom stereocenters. The van der Waals surface area contributed by atoms with E-state index in [4.69, 9.17) is 11.6 Å². The number of thiophene rings is 1. The summed E-state index contributed by atoms with van der Waals surface area (Å²) in [4.78, 5) is 28.0. The van der Waals surface area contributed by atoms with E-state index in [1.165, 1.54) is 11.3 Å². The fraction of sp³-hybridized carbons (Fsp3) is 0.211. The van der Waals surface area contributed by atoms with Crippen molar-refractivity contribution in [1.29, 1.82) is 0 Å². The Bertz CT molecular complexity index is 1020. The second-order valence-electron chi connectivity index (χ2n) is 6.36. The van der Waals surface area contributed by atoms with E-state index in [0.717, 1.165) is 10.6 Å². The molecule has 1 aliphatic heterocycles. The molecule has 28 heavy (non-hydrogen) atoms. The predicted molar refractivity (Wildman–Crippen MR) is 110 cm³/mol. The Hall–Kier alpha value is -2.84. The zero-order valence-corrected chi connectivity index (χ0v) is 16.5. The number of hydrogen-bond donors (Lipinski definition) is 2. The van der Waals surface area contributed by atoms with Crippen molar-refractivity contribution in [3.05, 3.63) is 63.6 Å². The topological polar surface area (TPSA) is 79.3 Å². The molecule has 1 aromatic carbocycles. The van der Waals surface area contributed by atoms with Crippen molar-refractivity contribution >= 4 is 46.1 Å². The van der Waals surface area contributed by atoms with Crippen LogP contribution in [-0.2, 0) is 11.3 Å². The first-order valence-electron chi connectivity index (χ1n) is 8.77. The van der Waals surface area contributed by atoms with Crippen molar-refractivity contribution in [2.45, 2.75) is 6.54 Å². The smallest absolute Gasteiger partial charge is 0.265 e. The van der Waals surface area contributed by atoms with Crippen molar-refractivity contribution in [3.63, 3.8) is 0 Å². The Balaban J connectivity index is 1.47. The van der Waals surface area contributed by atoms with Gasteiger partial charge in [0.1, 0.15) is 0 Å². The molecule has 0 radical (unpaired) electrons. The summed E-state index contributed by atoms with van der Waals surface area (Å²) in [6.07, 6.45) is 3.33. The van der Waals surface area contributed by atoms with Gasteiger partial charge in [0.25, 0.3) is 5.91 Å². The van der Waals surface area contributed by atoms with Gasteiger partial charge in [-0.2, -0.15) is 5.10 Å². The average molecular weight is 416 g/mol. The van der Waals surface area contributed by atoms with E-state index in [1.807, 2.05) is 35.2 Å². The van der Waals surface area contributed by atoms with E-state index in [1.54, 1.807) is 23.1 Å². The number of para-hydroxylation sites is 2. The lowest BCUT2D eigenvalue weighted by Gasteiger charge is -2.30. The highest BCUT2D eigenvalue weighted by Gasteiger charge is 2.20. The van der Waals surface area contributed by atoms with E-state index in [-0.39, 0.29) is 18.4 Å². The molecular formula is C19H18ClN5O2S. The lowest BCUT2D eigenvalue weighted by molar-refractivity contribution is -0.120. The van der Waals surface area contributed by atoms with Gasteiger partial charge in [0, 0.05) is 24.2 Å². The van der Waals surface area contributed by atoms with E-state index in [0.29, 0.717) is 35.2 Å². The number of piperazine rings is 1. The monoisotopic (exact) mass is 415 g/mol. The molecular weight excluding hydrogens is 398 g/mol. The fourth-order valence-electron chi connectivity index (χ4n) is 3.05. The van der Waals surface area contributed by atoms with Crippen molar-refractivity contribution in [3.8, 4) is 0 Å². The van der Waals surface area contributed by atoms with Crippen LogP contribution in [0.3, 0.4) is 0 Å². The highest BCUT2D eigenvalue weighted by Crippen LogP contribution is 2.27. The van der Waals surface area contributed by atoms with Crippen LogP contribution in [0, 0.1) is 0 Å². The normalized spacial score (nSPS) is 14.0. The van der Waals surface area contributed by atoms with E-state index >= 15 is 0 Å². The highest BCUT2D eigenvalue weighted by molar-refractivity contribution is 7.14. The largest absolute Gasteiger partial charge is 0.359 e. The van der Waals surface area contributed by atoms with Crippen LogP contribution in [-0.4, -0.2) is 41.2 Å². The van der Waals surface area contributed by atoms with Crippen LogP contribution in [0.5, 0.6) is 0 Å². The number of carbonyl (C=O) groups is 2. The third-order valence-corrected chi connectivity index (χ3v) is 5.60. The summed E-state index contributed by atoms with van der Waals surface area (Å²) in [5.41, 5.74) is 1.53. The summed E-state index contributed by atoms with van der Waals surface area (Å²) in [6.45, 7) is 2.13. The van der Waals surface area contributed by atoms with E-state index in [2.05, 4.69) is 15.7 Å². The van der Waals surface area contributed by atoms with E-state index in [9.17, 15) is 9.59 Å². The average Bonchev–Trinajstić information content (AvgIpc) is 3.31. The molecule has 1 saturated heterocycles. The molecule has 1 aliphatic rings. The second kappa shape index (κ2) is 8.04. The number of carbonyl (C=O) groups excluding carboxylic acids is 2. The van der Waals surface area contributed by atoms with Gasteiger partial charge in [0.15, 0.2) is 0 Å². The molecule has 3 heterocycles. The van der Waals surface area contributed by atoms with E-state index < -0.39 is 0 Å². The predicted octanol–water partition coefficient (Wildman–Crippen LogP) is 2.83. The molecule has 144 valence electrons. The number of nitrogens with zero attached hydrogens (tertiary/aromatic N) is 3. The summed E-state index contributed by atoms with van der Waals surface area (Å²) in [5, 5.41) is 10.5. The molecule has 2 N–H and O–H groups in total. The van der Waals surface area contributed by atoms with Gasteiger partial charge in [-0.15, -0.1) is 11.3 Å². The third-order valence-electron chi connectivity index (χ3n) is 4.34. The number of anilines is 2. The number of halogens is 1. The Labute approximate surface area is 170 Å². The summed E-state index contributed by atoms with van der Waals surface area (Å²) < 4.78 is 1.73. The van der Waals surface area contributed by atoms with Gasteiger partial charge in [0.05, 0.1) is 40.6 Å². The summed E-state index contributed by atoms with van der Waals surface area (Å²) in [5.74, 6) is -0.197. The van der Waals surface area contributed by atoms with Gasteiger partial charge in [-0.3, -0.25) is 14.3 Å². The SMILES string of the molecule is O=C1CN(c2ccccc2NC(=O)c2ccc(Cn3cc(Cl)cn3)s2)CCN1. The van der Waals surface area contributed by atoms with Crippen LogP contribution in [0.2, 0.25) is 5.02 Å². The molecule has 4 rings (SSSR count). The number of benzene rings is 1. The maximum Gasteiger partial charge on any atom is 0.265 e. The van der Waals surface area contributed by atoms with Crippen molar-refractivity contribution < 1.29 is 9.59 Å². The Kier molecular flexibility index (Phi) is 5.31. The summed E-state index contributed by atoms with van der Waals surface area (Å²) >= 11 is 7.30. The lowest BCUT2D eigenvalue weighted by Crippen LogP contribution is -2.47. The maximum absolute atomic E-state index is 12.7. The first-order valence-corrected chi connectivity index (χ1v) is 9.96. The van der Waals surface area contributed by atoms with Crippen molar-refractivity contribution in [2.24, 2.45) is 0 Å². The van der Waals surface area contributed by atoms with Crippen LogP contribution in [0.25, 0.3) is 0 Å². The van der Waals surface area contributed by atoms with Gasteiger partial charge in [-0.05, 0) is 24.3 Å². The lowest BCUT2D eigenvalue weighted by atomic mass is 10.2. The van der Waals surface area contributed by atoms with Crippen molar-refractivity contribution in [2.75, 3.05) is 29.9 Å². The molecule has 3 aromatic rings. The summed E-state index contributed by atoms with van der Waals surface area (Å²) in [7, 11) is 0. The van der Waals surface area contributed by atoms with Crippen LogP contribution >= 0.6 is 22.9 Å².